The van der Waals surface area contributed by atoms with E-state index in [0.717, 1.165) is 27.5 Å². The Labute approximate surface area is 190 Å². The average molecular weight is 451 g/mol. The van der Waals surface area contributed by atoms with Crippen LogP contribution in [0.2, 0.25) is 0 Å². The van der Waals surface area contributed by atoms with Crippen molar-refractivity contribution in [2.45, 2.75) is 23.1 Å². The van der Waals surface area contributed by atoms with Crippen LogP contribution in [0.1, 0.15) is 22.8 Å². The minimum absolute atomic E-state index is 0.0677. The summed E-state index contributed by atoms with van der Waals surface area (Å²) in [5, 5.41) is 2.75. The summed E-state index contributed by atoms with van der Waals surface area (Å²) in [6.45, 7) is 0.193. The summed E-state index contributed by atoms with van der Waals surface area (Å²) < 4.78 is 18.3. The molecule has 0 aromatic heterocycles. The number of amides is 2. The van der Waals surface area contributed by atoms with Crippen molar-refractivity contribution in [1.29, 1.82) is 0 Å². The fourth-order valence-electron chi connectivity index (χ4n) is 3.56. The van der Waals surface area contributed by atoms with Gasteiger partial charge in [0.05, 0.1) is 12.8 Å². The van der Waals surface area contributed by atoms with E-state index < -0.39 is 0 Å². The van der Waals surface area contributed by atoms with Gasteiger partial charge in [-0.15, -0.1) is 11.8 Å². The molecule has 0 bridgehead atoms. The van der Waals surface area contributed by atoms with E-state index in [1.807, 2.05) is 48.5 Å². The molecule has 4 rings (SSSR count). The van der Waals surface area contributed by atoms with Crippen molar-refractivity contribution in [3.8, 4) is 5.75 Å². The molecule has 0 unspecified atom stereocenters. The van der Waals surface area contributed by atoms with E-state index in [2.05, 4.69) is 5.32 Å². The van der Waals surface area contributed by atoms with E-state index in [4.69, 9.17) is 4.74 Å². The molecule has 5 nitrogen and oxygen atoms in total. The number of benzene rings is 3. The van der Waals surface area contributed by atoms with Crippen molar-refractivity contribution in [3.63, 3.8) is 0 Å². The fraction of sp³-hybridized carbons (Fsp3) is 0.200. The molecule has 164 valence electrons. The number of thioether (sulfide) groups is 1. The number of rotatable bonds is 6. The van der Waals surface area contributed by atoms with E-state index >= 15 is 0 Å². The lowest BCUT2D eigenvalue weighted by atomic mass is 10.1. The normalized spacial score (nSPS) is 15.6. The first-order valence-corrected chi connectivity index (χ1v) is 11.1. The first-order valence-electron chi connectivity index (χ1n) is 10.2. The molecule has 0 saturated carbocycles. The highest BCUT2D eigenvalue weighted by Crippen LogP contribution is 2.45. The van der Waals surface area contributed by atoms with Crippen LogP contribution >= 0.6 is 11.8 Å². The van der Waals surface area contributed by atoms with Gasteiger partial charge in [-0.05, 0) is 47.5 Å². The van der Waals surface area contributed by atoms with Crippen molar-refractivity contribution >= 4 is 29.3 Å². The molecule has 1 N–H and O–H groups in total. The maximum atomic E-state index is 13.2. The standard InChI is InChI=1S/C25H23FN2O3S/c1-31-20-12-8-18(9-13-20)23-14-25(30)28(21-4-2-3-5-22(21)32-23)16-24(29)27-15-17-6-10-19(26)11-7-17/h2-13,23H,14-16H2,1H3,(H,27,29)/t23-/m0/s1. The first-order chi connectivity index (χ1) is 15.5. The van der Waals surface area contributed by atoms with Gasteiger partial charge in [0.15, 0.2) is 0 Å². The highest BCUT2D eigenvalue weighted by atomic mass is 32.2. The largest absolute Gasteiger partial charge is 0.497 e. The van der Waals surface area contributed by atoms with Crippen LogP contribution in [0.4, 0.5) is 10.1 Å². The van der Waals surface area contributed by atoms with Crippen molar-refractivity contribution in [3.05, 3.63) is 89.7 Å². The number of anilines is 1. The Hall–Kier alpha value is -3.32. The van der Waals surface area contributed by atoms with Crippen LogP contribution in [0.25, 0.3) is 0 Å². The topological polar surface area (TPSA) is 58.6 Å². The number of methoxy groups -OCH3 is 1. The van der Waals surface area contributed by atoms with Crippen LogP contribution in [0, 0.1) is 5.82 Å². The Kier molecular flexibility index (Phi) is 6.75. The molecule has 0 fully saturated rings. The summed E-state index contributed by atoms with van der Waals surface area (Å²) in [6.07, 6.45) is 0.275. The third-order valence-corrected chi connectivity index (χ3v) is 6.60. The van der Waals surface area contributed by atoms with Gasteiger partial charge in [-0.1, -0.05) is 36.4 Å². The van der Waals surface area contributed by atoms with E-state index in [1.54, 1.807) is 35.9 Å². The average Bonchev–Trinajstić information content (AvgIpc) is 2.95. The van der Waals surface area contributed by atoms with Gasteiger partial charge in [-0.2, -0.15) is 0 Å². The van der Waals surface area contributed by atoms with Gasteiger partial charge >= 0.3 is 0 Å². The number of fused-ring (bicyclic) bond motifs is 1. The monoisotopic (exact) mass is 450 g/mol. The van der Waals surface area contributed by atoms with Crippen molar-refractivity contribution in [2.24, 2.45) is 0 Å². The zero-order chi connectivity index (χ0) is 22.5. The molecule has 0 saturated heterocycles. The predicted octanol–water partition coefficient (Wildman–Crippen LogP) is 4.72. The maximum absolute atomic E-state index is 13.2. The number of hydrogen-bond acceptors (Lipinski definition) is 4. The first kappa shape index (κ1) is 21.9. The van der Waals surface area contributed by atoms with Gasteiger partial charge in [-0.25, -0.2) is 4.39 Å². The van der Waals surface area contributed by atoms with Crippen LogP contribution in [0.3, 0.4) is 0 Å². The second-order valence-corrected chi connectivity index (χ2v) is 8.68. The zero-order valence-electron chi connectivity index (χ0n) is 17.6. The Morgan fingerprint density at radius 3 is 2.53 bits per heavy atom. The predicted molar refractivity (Wildman–Crippen MR) is 123 cm³/mol. The minimum Gasteiger partial charge on any atom is -0.497 e. The number of carbonyl (C=O) groups excluding carboxylic acids is 2. The van der Waals surface area contributed by atoms with E-state index in [-0.39, 0.29) is 42.4 Å². The number of nitrogens with zero attached hydrogens (tertiary/aromatic N) is 1. The van der Waals surface area contributed by atoms with Gasteiger partial charge in [-0.3, -0.25) is 9.59 Å². The molecule has 0 aliphatic carbocycles. The van der Waals surface area contributed by atoms with Gasteiger partial charge in [0.1, 0.15) is 18.1 Å². The lowest BCUT2D eigenvalue weighted by Gasteiger charge is -2.22. The molecule has 1 atom stereocenters. The SMILES string of the molecule is COc1ccc([C@@H]2CC(=O)N(CC(=O)NCc3ccc(F)cc3)c3ccccc3S2)cc1. The molecule has 1 aliphatic heterocycles. The lowest BCUT2D eigenvalue weighted by Crippen LogP contribution is -2.40. The van der Waals surface area contributed by atoms with Crippen LogP contribution < -0.4 is 15.0 Å². The van der Waals surface area contributed by atoms with Gasteiger partial charge < -0.3 is 15.0 Å². The van der Waals surface area contributed by atoms with Crippen molar-refractivity contribution < 1.29 is 18.7 Å². The Morgan fingerprint density at radius 1 is 1.09 bits per heavy atom. The Balaban J connectivity index is 1.50. The molecule has 0 radical (unpaired) electrons. The molecule has 32 heavy (non-hydrogen) atoms. The Morgan fingerprint density at radius 2 is 1.81 bits per heavy atom. The second-order valence-electron chi connectivity index (χ2n) is 7.43. The molecule has 2 amide bonds. The molecule has 1 heterocycles. The maximum Gasteiger partial charge on any atom is 0.240 e. The van der Waals surface area contributed by atoms with Crippen LogP contribution in [0.5, 0.6) is 5.75 Å². The number of halogens is 1. The molecular formula is C25H23FN2O3S. The molecule has 1 aliphatic rings. The number of carbonyl (C=O) groups is 2. The minimum atomic E-state index is -0.323. The van der Waals surface area contributed by atoms with Gasteiger partial charge in [0.25, 0.3) is 0 Å². The van der Waals surface area contributed by atoms with Crippen LogP contribution in [-0.4, -0.2) is 25.5 Å². The van der Waals surface area contributed by atoms with Gasteiger partial charge in [0, 0.05) is 23.1 Å². The highest BCUT2D eigenvalue weighted by molar-refractivity contribution is 7.99. The van der Waals surface area contributed by atoms with Crippen molar-refractivity contribution in [1.82, 2.24) is 5.32 Å². The number of para-hydroxylation sites is 1. The fourth-order valence-corrected chi connectivity index (χ4v) is 4.84. The number of nitrogens with one attached hydrogen (secondary N) is 1. The summed E-state index contributed by atoms with van der Waals surface area (Å²) in [5.74, 6) is 0.0555. The van der Waals surface area contributed by atoms with E-state index in [1.165, 1.54) is 12.1 Å². The summed E-state index contributed by atoms with van der Waals surface area (Å²) in [7, 11) is 1.62. The van der Waals surface area contributed by atoms with Crippen molar-refractivity contribution in [2.75, 3.05) is 18.6 Å². The lowest BCUT2D eigenvalue weighted by molar-refractivity contribution is -0.124. The molecule has 7 heteroatoms. The number of hydrogen-bond donors (Lipinski definition) is 1. The summed E-state index contributed by atoms with van der Waals surface area (Å²) in [6, 6.07) is 21.3. The third kappa shape index (κ3) is 5.11. The van der Waals surface area contributed by atoms with E-state index in [9.17, 15) is 14.0 Å². The zero-order valence-corrected chi connectivity index (χ0v) is 18.4. The van der Waals surface area contributed by atoms with Crippen LogP contribution in [-0.2, 0) is 16.1 Å². The summed E-state index contributed by atoms with van der Waals surface area (Å²) in [4.78, 5) is 28.3. The molecule has 0 spiro atoms. The smallest absolute Gasteiger partial charge is 0.240 e. The van der Waals surface area contributed by atoms with Crippen LogP contribution in [0.15, 0.2) is 77.7 Å². The Bertz CT molecular complexity index is 1100. The number of ether oxygens (including phenoxy) is 1. The quantitative estimate of drug-likeness (QED) is 0.590. The highest BCUT2D eigenvalue weighted by Gasteiger charge is 2.30. The van der Waals surface area contributed by atoms with Gasteiger partial charge in [0.2, 0.25) is 11.8 Å². The third-order valence-electron chi connectivity index (χ3n) is 5.28. The summed E-state index contributed by atoms with van der Waals surface area (Å²) >= 11 is 1.62. The van der Waals surface area contributed by atoms with E-state index in [0.29, 0.717) is 0 Å². The summed E-state index contributed by atoms with van der Waals surface area (Å²) in [5.41, 5.74) is 2.55. The second kappa shape index (κ2) is 9.87. The molecule has 3 aromatic carbocycles. The molecular weight excluding hydrogens is 427 g/mol. The molecule has 3 aromatic rings.